The molecule has 130 valence electrons. The Labute approximate surface area is 140 Å². The van der Waals surface area contributed by atoms with Gasteiger partial charge in [0.15, 0.2) is 0 Å². The zero-order valence-corrected chi connectivity index (χ0v) is 14.0. The van der Waals surface area contributed by atoms with Crippen LogP contribution in [0.2, 0.25) is 0 Å². The third-order valence-corrected chi connectivity index (χ3v) is 4.68. The molecular weight excluding hydrogens is 311 g/mol. The molecule has 3 rings (SSSR count). The molecule has 0 unspecified atom stereocenters. The summed E-state index contributed by atoms with van der Waals surface area (Å²) in [5, 5.41) is 17.8. The van der Waals surface area contributed by atoms with Crippen molar-refractivity contribution in [2.75, 3.05) is 6.54 Å². The molecule has 2 N–H and O–H groups in total. The summed E-state index contributed by atoms with van der Waals surface area (Å²) in [5.74, 6) is 1.25. The quantitative estimate of drug-likeness (QED) is 0.850. The summed E-state index contributed by atoms with van der Waals surface area (Å²) in [6, 6.07) is 5.90. The van der Waals surface area contributed by atoms with Gasteiger partial charge in [0, 0.05) is 24.6 Å². The summed E-state index contributed by atoms with van der Waals surface area (Å²) in [6.07, 6.45) is 0.895. The molecule has 2 aromatic rings. The van der Waals surface area contributed by atoms with Gasteiger partial charge in [-0.1, -0.05) is 5.16 Å². The number of rotatable bonds is 6. The van der Waals surface area contributed by atoms with E-state index in [-0.39, 0.29) is 17.8 Å². The van der Waals surface area contributed by atoms with Crippen LogP contribution >= 0.6 is 0 Å². The molecule has 1 aromatic carbocycles. The van der Waals surface area contributed by atoms with Gasteiger partial charge in [-0.25, -0.2) is 4.39 Å². The second kappa shape index (κ2) is 7.32. The fourth-order valence-corrected chi connectivity index (χ4v) is 3.20. The van der Waals surface area contributed by atoms with Gasteiger partial charge in [-0.15, -0.1) is 0 Å². The second-order valence-corrected chi connectivity index (χ2v) is 6.37. The average molecular weight is 334 g/mol. The minimum Gasteiger partial charge on any atom is -0.488 e. The van der Waals surface area contributed by atoms with E-state index in [0.717, 1.165) is 29.9 Å². The first-order chi connectivity index (χ1) is 11.5. The van der Waals surface area contributed by atoms with E-state index in [1.54, 1.807) is 12.1 Å². The van der Waals surface area contributed by atoms with Crippen LogP contribution in [0.4, 0.5) is 4.39 Å². The minimum atomic E-state index is -0.535. The summed E-state index contributed by atoms with van der Waals surface area (Å²) < 4.78 is 23.9. The Bertz CT molecular complexity index is 652. The largest absolute Gasteiger partial charge is 0.488 e. The summed E-state index contributed by atoms with van der Waals surface area (Å²) in [7, 11) is 0. The third-order valence-electron chi connectivity index (χ3n) is 4.68. The number of ether oxygens (including phenoxy) is 1. The monoisotopic (exact) mass is 334 g/mol. The SMILES string of the molecule is Cc1noc(C)c1CNC[C@H]1CC[C@@H](Oc2ccc(F)cc2)[C@@H]1O. The van der Waals surface area contributed by atoms with Gasteiger partial charge in [0.25, 0.3) is 0 Å². The summed E-state index contributed by atoms with van der Waals surface area (Å²) >= 11 is 0. The number of nitrogens with zero attached hydrogens (tertiary/aromatic N) is 1. The predicted octanol–water partition coefficient (Wildman–Crippen LogP) is 2.74. The fourth-order valence-electron chi connectivity index (χ4n) is 3.20. The number of aliphatic hydroxyl groups is 1. The highest BCUT2D eigenvalue weighted by Crippen LogP contribution is 2.29. The second-order valence-electron chi connectivity index (χ2n) is 6.37. The number of aliphatic hydroxyl groups excluding tert-OH is 1. The maximum atomic E-state index is 12.9. The molecule has 24 heavy (non-hydrogen) atoms. The van der Waals surface area contributed by atoms with E-state index in [9.17, 15) is 9.50 Å². The van der Waals surface area contributed by atoms with Crippen molar-refractivity contribution in [2.24, 2.45) is 5.92 Å². The number of hydrogen-bond donors (Lipinski definition) is 2. The van der Waals surface area contributed by atoms with E-state index in [1.165, 1.54) is 12.1 Å². The van der Waals surface area contributed by atoms with Crippen LogP contribution in [0.15, 0.2) is 28.8 Å². The Hall–Kier alpha value is -1.92. The van der Waals surface area contributed by atoms with E-state index in [4.69, 9.17) is 9.26 Å². The first kappa shape index (κ1) is 16.9. The van der Waals surface area contributed by atoms with Gasteiger partial charge in [-0.05, 0) is 51.0 Å². The molecule has 3 atom stereocenters. The van der Waals surface area contributed by atoms with Crippen molar-refractivity contribution in [1.82, 2.24) is 10.5 Å². The number of aromatic nitrogens is 1. The zero-order chi connectivity index (χ0) is 17.1. The highest BCUT2D eigenvalue weighted by molar-refractivity contribution is 5.23. The van der Waals surface area contributed by atoms with E-state index >= 15 is 0 Å². The van der Waals surface area contributed by atoms with E-state index in [0.29, 0.717) is 18.8 Å². The minimum absolute atomic E-state index is 0.135. The van der Waals surface area contributed by atoms with Gasteiger partial charge in [-0.2, -0.15) is 0 Å². The molecule has 0 bridgehead atoms. The number of halogens is 1. The Morgan fingerprint density at radius 3 is 2.71 bits per heavy atom. The van der Waals surface area contributed by atoms with Gasteiger partial charge >= 0.3 is 0 Å². The summed E-state index contributed by atoms with van der Waals surface area (Å²) in [6.45, 7) is 5.20. The highest BCUT2D eigenvalue weighted by atomic mass is 19.1. The van der Waals surface area contributed by atoms with Crippen molar-refractivity contribution < 1.29 is 18.8 Å². The number of nitrogens with one attached hydrogen (secondary N) is 1. The topological polar surface area (TPSA) is 67.5 Å². The highest BCUT2D eigenvalue weighted by Gasteiger charge is 2.36. The van der Waals surface area contributed by atoms with Crippen LogP contribution in [0.1, 0.15) is 29.9 Å². The van der Waals surface area contributed by atoms with Crippen molar-refractivity contribution >= 4 is 0 Å². The lowest BCUT2D eigenvalue weighted by Crippen LogP contribution is -2.35. The van der Waals surface area contributed by atoms with Gasteiger partial charge in [0.2, 0.25) is 0 Å². The lowest BCUT2D eigenvalue weighted by Gasteiger charge is -2.21. The lowest BCUT2D eigenvalue weighted by atomic mass is 10.1. The Kier molecular flexibility index (Phi) is 5.16. The van der Waals surface area contributed by atoms with E-state index in [2.05, 4.69) is 10.5 Å². The van der Waals surface area contributed by atoms with E-state index < -0.39 is 6.10 Å². The molecule has 1 aromatic heterocycles. The maximum absolute atomic E-state index is 12.9. The first-order valence-electron chi connectivity index (χ1n) is 8.27. The van der Waals surface area contributed by atoms with Crippen LogP contribution in [0, 0.1) is 25.6 Å². The molecule has 0 amide bonds. The van der Waals surface area contributed by atoms with Crippen molar-refractivity contribution in [3.63, 3.8) is 0 Å². The van der Waals surface area contributed by atoms with E-state index in [1.807, 2.05) is 13.8 Å². The van der Waals surface area contributed by atoms with Gasteiger partial charge in [0.05, 0.1) is 11.8 Å². The van der Waals surface area contributed by atoms with Crippen LogP contribution in [-0.2, 0) is 6.54 Å². The molecule has 6 heteroatoms. The summed E-state index contributed by atoms with van der Waals surface area (Å²) in [4.78, 5) is 0. The zero-order valence-electron chi connectivity index (χ0n) is 14.0. The van der Waals surface area contributed by atoms with Gasteiger partial charge in [0.1, 0.15) is 23.4 Å². The van der Waals surface area contributed by atoms with Crippen LogP contribution in [0.25, 0.3) is 0 Å². The van der Waals surface area contributed by atoms with Gasteiger partial charge in [-0.3, -0.25) is 0 Å². The molecule has 0 spiro atoms. The predicted molar refractivity (Wildman–Crippen MR) is 87.2 cm³/mol. The summed E-state index contributed by atoms with van der Waals surface area (Å²) in [5.41, 5.74) is 1.96. The first-order valence-corrected chi connectivity index (χ1v) is 8.27. The van der Waals surface area contributed by atoms with Crippen LogP contribution in [0.5, 0.6) is 5.75 Å². The standard InChI is InChI=1S/C18H23FN2O3/c1-11-16(12(2)24-21-11)10-20-9-13-3-8-17(18(13)22)23-15-6-4-14(19)5-7-15/h4-7,13,17-18,20,22H,3,8-10H2,1-2H3/t13-,17-,18-/m1/s1. The molecule has 0 aliphatic heterocycles. The van der Waals surface area contributed by atoms with Crippen LogP contribution in [0.3, 0.4) is 0 Å². The van der Waals surface area contributed by atoms with Crippen molar-refractivity contribution in [3.8, 4) is 5.75 Å². The smallest absolute Gasteiger partial charge is 0.138 e. The molecule has 1 aliphatic rings. The molecule has 0 saturated heterocycles. The molecule has 1 heterocycles. The van der Waals surface area contributed by atoms with Crippen molar-refractivity contribution in [2.45, 2.75) is 45.4 Å². The molecule has 0 radical (unpaired) electrons. The molecule has 1 fully saturated rings. The van der Waals surface area contributed by atoms with Crippen LogP contribution < -0.4 is 10.1 Å². The molecule has 1 aliphatic carbocycles. The Balaban J connectivity index is 1.49. The number of aryl methyl sites for hydroxylation is 2. The number of benzene rings is 1. The maximum Gasteiger partial charge on any atom is 0.138 e. The Morgan fingerprint density at radius 1 is 1.29 bits per heavy atom. The Morgan fingerprint density at radius 2 is 2.04 bits per heavy atom. The average Bonchev–Trinajstić information content (AvgIpc) is 3.07. The molecular formula is C18H23FN2O3. The fraction of sp³-hybridized carbons (Fsp3) is 0.500. The molecule has 1 saturated carbocycles. The number of hydrogen-bond acceptors (Lipinski definition) is 5. The lowest BCUT2D eigenvalue weighted by molar-refractivity contribution is 0.0349. The normalized spacial score (nSPS) is 23.6. The third kappa shape index (κ3) is 3.76. The van der Waals surface area contributed by atoms with Gasteiger partial charge < -0.3 is 19.7 Å². The van der Waals surface area contributed by atoms with Crippen LogP contribution in [-0.4, -0.2) is 29.0 Å². The van der Waals surface area contributed by atoms with Crippen molar-refractivity contribution in [3.05, 3.63) is 47.1 Å². The molecule has 5 nitrogen and oxygen atoms in total. The van der Waals surface area contributed by atoms with Crippen molar-refractivity contribution in [1.29, 1.82) is 0 Å².